The standard InChI is InChI=1S/C22H22N6O4S2/c1-14(2)19-24-20(32-26-19)15-8-10-27(11-9-15)22-25-28-12-16(23-21(28)33-22)13-31-17-4-6-18(7-5-17)34(3,29)30/h4-10,12,14H,11,13H2,1-3H3. The van der Waals surface area contributed by atoms with Crippen LogP contribution < -0.4 is 9.64 Å². The molecule has 1 aromatic carbocycles. The van der Waals surface area contributed by atoms with Gasteiger partial charge in [-0.05, 0) is 30.3 Å². The molecular formula is C22H22N6O4S2. The molecule has 0 unspecified atom stereocenters. The van der Waals surface area contributed by atoms with Crippen molar-refractivity contribution >= 4 is 36.8 Å². The van der Waals surface area contributed by atoms with Crippen LogP contribution in [0.4, 0.5) is 5.13 Å². The average Bonchev–Trinajstić information content (AvgIpc) is 3.53. The van der Waals surface area contributed by atoms with Crippen LogP contribution >= 0.6 is 11.3 Å². The summed E-state index contributed by atoms with van der Waals surface area (Å²) in [6.07, 6.45) is 8.89. The van der Waals surface area contributed by atoms with Crippen molar-refractivity contribution in [1.29, 1.82) is 0 Å². The number of sulfone groups is 1. The molecule has 0 N–H and O–H groups in total. The number of anilines is 1. The average molecular weight is 499 g/mol. The zero-order valence-electron chi connectivity index (χ0n) is 18.7. The van der Waals surface area contributed by atoms with Gasteiger partial charge in [-0.1, -0.05) is 36.4 Å². The third kappa shape index (κ3) is 4.59. The Morgan fingerprint density at radius 3 is 2.62 bits per heavy atom. The summed E-state index contributed by atoms with van der Waals surface area (Å²) >= 11 is 1.47. The summed E-state index contributed by atoms with van der Waals surface area (Å²) < 4.78 is 35.9. The predicted octanol–water partition coefficient (Wildman–Crippen LogP) is 3.70. The second kappa shape index (κ2) is 8.69. The van der Waals surface area contributed by atoms with Crippen molar-refractivity contribution in [2.75, 3.05) is 17.7 Å². The number of aromatic nitrogens is 5. The fourth-order valence-electron chi connectivity index (χ4n) is 3.24. The molecule has 0 atom stereocenters. The minimum atomic E-state index is -3.23. The zero-order valence-corrected chi connectivity index (χ0v) is 20.4. The van der Waals surface area contributed by atoms with Crippen molar-refractivity contribution < 1.29 is 17.7 Å². The van der Waals surface area contributed by atoms with E-state index < -0.39 is 9.84 Å². The molecule has 0 spiro atoms. The third-order valence-corrected chi connectivity index (χ3v) is 7.20. The van der Waals surface area contributed by atoms with E-state index in [9.17, 15) is 8.42 Å². The van der Waals surface area contributed by atoms with E-state index in [1.807, 2.05) is 43.3 Å². The number of imidazole rings is 1. The topological polar surface area (TPSA) is 116 Å². The Labute approximate surface area is 200 Å². The van der Waals surface area contributed by atoms with E-state index in [2.05, 4.69) is 20.2 Å². The highest BCUT2D eigenvalue weighted by molar-refractivity contribution is 7.90. The molecule has 12 heteroatoms. The van der Waals surface area contributed by atoms with Gasteiger partial charge < -0.3 is 14.2 Å². The van der Waals surface area contributed by atoms with Gasteiger partial charge in [0.25, 0.3) is 5.89 Å². The van der Waals surface area contributed by atoms with Crippen LogP contribution in [0.25, 0.3) is 10.5 Å². The van der Waals surface area contributed by atoms with Gasteiger partial charge >= 0.3 is 0 Å². The van der Waals surface area contributed by atoms with Crippen LogP contribution in [0.5, 0.6) is 5.75 Å². The monoisotopic (exact) mass is 498 g/mol. The summed E-state index contributed by atoms with van der Waals surface area (Å²) in [5, 5.41) is 9.45. The fraction of sp³-hybridized carbons (Fsp3) is 0.273. The van der Waals surface area contributed by atoms with Crippen LogP contribution in [0, 0.1) is 0 Å². The lowest BCUT2D eigenvalue weighted by Gasteiger charge is -2.18. The molecule has 4 aromatic rings. The molecule has 1 aliphatic heterocycles. The lowest BCUT2D eigenvalue weighted by molar-refractivity contribution is 0.302. The Morgan fingerprint density at radius 2 is 2.00 bits per heavy atom. The first-order valence-electron chi connectivity index (χ1n) is 10.5. The first kappa shape index (κ1) is 22.3. The minimum Gasteiger partial charge on any atom is -0.487 e. The smallest absolute Gasteiger partial charge is 0.257 e. The Hall–Kier alpha value is -3.51. The molecular weight excluding hydrogens is 476 g/mol. The van der Waals surface area contributed by atoms with E-state index in [0.29, 0.717) is 24.0 Å². The lowest BCUT2D eigenvalue weighted by atomic mass is 10.2. The lowest BCUT2D eigenvalue weighted by Crippen LogP contribution is -2.18. The maximum Gasteiger partial charge on any atom is 0.257 e. The Bertz CT molecular complexity index is 1460. The number of fused-ring (bicyclic) bond motifs is 1. The first-order chi connectivity index (χ1) is 16.3. The van der Waals surface area contributed by atoms with Gasteiger partial charge in [0.2, 0.25) is 10.1 Å². The molecule has 1 aliphatic rings. The molecule has 0 saturated carbocycles. The van der Waals surface area contributed by atoms with Crippen molar-refractivity contribution in [3.05, 3.63) is 66.2 Å². The molecule has 0 amide bonds. The second-order valence-electron chi connectivity index (χ2n) is 8.12. The van der Waals surface area contributed by atoms with Gasteiger partial charge in [0.1, 0.15) is 12.4 Å². The predicted molar refractivity (Wildman–Crippen MR) is 128 cm³/mol. The largest absolute Gasteiger partial charge is 0.487 e. The quantitative estimate of drug-likeness (QED) is 0.376. The normalized spacial score (nSPS) is 14.2. The molecule has 0 fully saturated rings. The number of nitrogens with zero attached hydrogens (tertiary/aromatic N) is 6. The first-order valence-corrected chi connectivity index (χ1v) is 13.2. The highest BCUT2D eigenvalue weighted by Gasteiger charge is 2.18. The van der Waals surface area contributed by atoms with Crippen LogP contribution in [-0.2, 0) is 16.4 Å². The number of benzene rings is 1. The minimum absolute atomic E-state index is 0.212. The number of rotatable bonds is 7. The fourth-order valence-corrected chi connectivity index (χ4v) is 4.77. The van der Waals surface area contributed by atoms with E-state index >= 15 is 0 Å². The highest BCUT2D eigenvalue weighted by atomic mass is 32.2. The zero-order chi connectivity index (χ0) is 23.9. The summed E-state index contributed by atoms with van der Waals surface area (Å²) in [7, 11) is -3.23. The molecule has 0 aliphatic carbocycles. The van der Waals surface area contributed by atoms with Crippen LogP contribution in [0.3, 0.4) is 0 Å². The van der Waals surface area contributed by atoms with Crippen molar-refractivity contribution in [3.63, 3.8) is 0 Å². The van der Waals surface area contributed by atoms with Crippen LogP contribution in [0.1, 0.15) is 37.2 Å². The molecule has 34 heavy (non-hydrogen) atoms. The van der Waals surface area contributed by atoms with E-state index in [1.165, 1.54) is 29.7 Å². The molecule has 4 heterocycles. The van der Waals surface area contributed by atoms with Gasteiger partial charge in [-0.15, -0.1) is 5.10 Å². The van der Waals surface area contributed by atoms with Crippen LogP contribution in [0.2, 0.25) is 0 Å². The van der Waals surface area contributed by atoms with Gasteiger partial charge in [-0.3, -0.25) is 0 Å². The highest BCUT2D eigenvalue weighted by Crippen LogP contribution is 2.28. The third-order valence-electron chi connectivity index (χ3n) is 5.11. The molecule has 0 saturated heterocycles. The Morgan fingerprint density at radius 1 is 1.21 bits per heavy atom. The number of ether oxygens (including phenoxy) is 1. The summed E-state index contributed by atoms with van der Waals surface area (Å²) in [4.78, 5) is 12.0. The second-order valence-corrected chi connectivity index (χ2v) is 11.1. The summed E-state index contributed by atoms with van der Waals surface area (Å²) in [6.45, 7) is 4.93. The summed E-state index contributed by atoms with van der Waals surface area (Å²) in [5.74, 6) is 1.99. The molecule has 3 aromatic heterocycles. The van der Waals surface area contributed by atoms with Crippen LogP contribution in [0.15, 0.2) is 58.2 Å². The van der Waals surface area contributed by atoms with Crippen molar-refractivity contribution in [1.82, 2.24) is 24.7 Å². The SMILES string of the molecule is CC(C)c1noc(C2=CCN(c3nn4cc(COc5ccc(S(C)(=O)=O)cc5)nc4s3)C=C2)n1. The van der Waals surface area contributed by atoms with Gasteiger partial charge in [-0.2, -0.15) is 4.98 Å². The summed E-state index contributed by atoms with van der Waals surface area (Å²) in [5.41, 5.74) is 1.62. The van der Waals surface area contributed by atoms with Crippen molar-refractivity contribution in [2.24, 2.45) is 0 Å². The molecule has 176 valence electrons. The van der Waals surface area contributed by atoms with Gasteiger partial charge in [-0.25, -0.2) is 17.9 Å². The van der Waals surface area contributed by atoms with E-state index in [1.54, 1.807) is 16.6 Å². The number of hydrogen-bond donors (Lipinski definition) is 0. The Kier molecular flexibility index (Phi) is 5.70. The van der Waals surface area contributed by atoms with E-state index in [-0.39, 0.29) is 17.4 Å². The molecule has 10 nitrogen and oxygen atoms in total. The summed E-state index contributed by atoms with van der Waals surface area (Å²) in [6, 6.07) is 6.32. The molecule has 5 rings (SSSR count). The number of hydrogen-bond acceptors (Lipinski definition) is 10. The van der Waals surface area contributed by atoms with E-state index in [4.69, 9.17) is 9.26 Å². The maximum atomic E-state index is 11.6. The number of allylic oxidation sites excluding steroid dienone is 2. The van der Waals surface area contributed by atoms with Gasteiger partial charge in [0.05, 0.1) is 16.8 Å². The van der Waals surface area contributed by atoms with Gasteiger partial charge in [0, 0.05) is 30.5 Å². The van der Waals surface area contributed by atoms with Crippen molar-refractivity contribution in [2.45, 2.75) is 31.3 Å². The van der Waals surface area contributed by atoms with Gasteiger partial charge in [0.15, 0.2) is 15.7 Å². The van der Waals surface area contributed by atoms with Crippen molar-refractivity contribution in [3.8, 4) is 5.75 Å². The molecule has 0 bridgehead atoms. The van der Waals surface area contributed by atoms with E-state index in [0.717, 1.165) is 21.4 Å². The Balaban J connectivity index is 1.22. The maximum absolute atomic E-state index is 11.6. The molecule has 0 radical (unpaired) electrons. The van der Waals surface area contributed by atoms with Crippen LogP contribution in [-0.4, -0.2) is 46.0 Å².